The fraction of sp³-hybridized carbons (Fsp3) is 0. The molecule has 0 amide bonds. The number of nitrogens with zero attached hydrogens (tertiary/aromatic N) is 1. The first-order valence-electron chi connectivity index (χ1n) is 5.54. The molecule has 0 fully saturated rings. The van der Waals surface area contributed by atoms with E-state index >= 15 is 0 Å². The molecule has 3 rings (SSSR count). The molecule has 0 aliphatic rings. The van der Waals surface area contributed by atoms with Crippen molar-refractivity contribution in [2.45, 2.75) is 0 Å². The van der Waals surface area contributed by atoms with Gasteiger partial charge in [-0.15, -0.1) is 0 Å². The van der Waals surface area contributed by atoms with Crippen LogP contribution in [0.25, 0.3) is 23.1 Å². The number of benzene rings is 1. The monoisotopic (exact) mass is 273 g/mol. The zero-order valence-corrected chi connectivity index (χ0v) is 10.4. The summed E-state index contributed by atoms with van der Waals surface area (Å²) in [5, 5.41) is 0.836. The minimum atomic E-state index is -0.466. The molecule has 0 aliphatic carbocycles. The maximum atomic E-state index is 11.8. The first-order chi connectivity index (χ1) is 9.22. The molecule has 0 atom stereocenters. The van der Waals surface area contributed by atoms with Crippen molar-refractivity contribution in [1.82, 2.24) is 4.98 Å². The van der Waals surface area contributed by atoms with Crippen LogP contribution >= 0.6 is 11.6 Å². The summed E-state index contributed by atoms with van der Waals surface area (Å²) in [5.41, 5.74) is 0.0753. The molecule has 3 aromatic rings. The molecule has 5 heteroatoms. The molecule has 0 N–H and O–H groups in total. The number of aromatic nitrogens is 1. The van der Waals surface area contributed by atoms with E-state index in [1.165, 1.54) is 6.07 Å². The van der Waals surface area contributed by atoms with Crippen molar-refractivity contribution in [3.63, 3.8) is 0 Å². The Morgan fingerprint density at radius 3 is 2.89 bits per heavy atom. The highest BCUT2D eigenvalue weighted by atomic mass is 35.5. The van der Waals surface area contributed by atoms with E-state index in [0.717, 1.165) is 0 Å². The van der Waals surface area contributed by atoms with Crippen molar-refractivity contribution >= 4 is 34.7 Å². The zero-order chi connectivity index (χ0) is 13.2. The van der Waals surface area contributed by atoms with Crippen LogP contribution in [0.2, 0.25) is 5.02 Å². The molecule has 0 saturated heterocycles. The van der Waals surface area contributed by atoms with Crippen molar-refractivity contribution in [2.24, 2.45) is 0 Å². The number of furan rings is 1. The van der Waals surface area contributed by atoms with Gasteiger partial charge in [0.15, 0.2) is 0 Å². The third kappa shape index (κ3) is 2.44. The summed E-state index contributed by atoms with van der Waals surface area (Å²) in [6.07, 6.45) is 4.81. The number of hydrogen-bond donors (Lipinski definition) is 0. The Balaban J connectivity index is 2.06. The van der Waals surface area contributed by atoms with E-state index in [-0.39, 0.29) is 5.89 Å². The van der Waals surface area contributed by atoms with Crippen LogP contribution in [0, 0.1) is 0 Å². The SMILES string of the molecule is O=c1oc(/C=C\c2ccco2)nc2ccc(Cl)cc12. The van der Waals surface area contributed by atoms with E-state index in [1.54, 1.807) is 42.7 Å². The van der Waals surface area contributed by atoms with Gasteiger partial charge in [0.05, 0.1) is 17.2 Å². The molecule has 94 valence electrons. The molecule has 19 heavy (non-hydrogen) atoms. The summed E-state index contributed by atoms with van der Waals surface area (Å²) in [7, 11) is 0. The quantitative estimate of drug-likeness (QED) is 0.716. The number of rotatable bonds is 2. The van der Waals surface area contributed by atoms with Crippen LogP contribution in [0.3, 0.4) is 0 Å². The molecule has 2 heterocycles. The van der Waals surface area contributed by atoms with Crippen molar-refractivity contribution in [3.05, 3.63) is 63.7 Å². The first kappa shape index (κ1) is 11.7. The molecule has 0 aliphatic heterocycles. The van der Waals surface area contributed by atoms with Crippen molar-refractivity contribution in [3.8, 4) is 0 Å². The van der Waals surface area contributed by atoms with Crippen LogP contribution < -0.4 is 5.63 Å². The Morgan fingerprint density at radius 1 is 1.21 bits per heavy atom. The van der Waals surface area contributed by atoms with Gasteiger partial charge in [0.1, 0.15) is 5.76 Å². The third-order valence-corrected chi connectivity index (χ3v) is 2.77. The van der Waals surface area contributed by atoms with Gasteiger partial charge in [-0.2, -0.15) is 0 Å². The first-order valence-corrected chi connectivity index (χ1v) is 5.92. The molecule has 0 spiro atoms. The average molecular weight is 274 g/mol. The van der Waals surface area contributed by atoms with E-state index in [9.17, 15) is 4.79 Å². The summed E-state index contributed by atoms with van der Waals surface area (Å²) in [6, 6.07) is 8.45. The standard InChI is InChI=1S/C14H8ClNO3/c15-9-3-5-12-11(8-9)14(17)19-13(16-12)6-4-10-2-1-7-18-10/h1-8H/b6-4-. The van der Waals surface area contributed by atoms with Crippen LogP contribution in [-0.4, -0.2) is 4.98 Å². The van der Waals surface area contributed by atoms with Crippen LogP contribution in [0.5, 0.6) is 0 Å². The van der Waals surface area contributed by atoms with Gasteiger partial charge in [-0.3, -0.25) is 0 Å². The van der Waals surface area contributed by atoms with Gasteiger partial charge < -0.3 is 8.83 Å². The van der Waals surface area contributed by atoms with Crippen LogP contribution in [0.15, 0.2) is 50.2 Å². The molecular formula is C14H8ClNO3. The molecule has 0 radical (unpaired) electrons. The lowest BCUT2D eigenvalue weighted by atomic mass is 10.2. The van der Waals surface area contributed by atoms with E-state index in [2.05, 4.69) is 4.98 Å². The van der Waals surface area contributed by atoms with E-state index in [0.29, 0.717) is 21.7 Å². The minimum Gasteiger partial charge on any atom is -0.465 e. The van der Waals surface area contributed by atoms with Gasteiger partial charge in [0, 0.05) is 11.1 Å². The maximum Gasteiger partial charge on any atom is 0.347 e. The zero-order valence-electron chi connectivity index (χ0n) is 9.67. The van der Waals surface area contributed by atoms with E-state index < -0.39 is 5.63 Å². The minimum absolute atomic E-state index is 0.219. The summed E-state index contributed by atoms with van der Waals surface area (Å²) in [5.74, 6) is 0.872. The number of fused-ring (bicyclic) bond motifs is 1. The second-order valence-electron chi connectivity index (χ2n) is 3.85. The highest BCUT2D eigenvalue weighted by Crippen LogP contribution is 2.16. The van der Waals surface area contributed by atoms with Gasteiger partial charge in [-0.05, 0) is 36.4 Å². The summed E-state index contributed by atoms with van der Waals surface area (Å²) >= 11 is 5.82. The normalized spacial score (nSPS) is 11.4. The van der Waals surface area contributed by atoms with Crippen LogP contribution in [0.1, 0.15) is 11.7 Å². The molecule has 1 aromatic carbocycles. The van der Waals surface area contributed by atoms with Crippen LogP contribution in [-0.2, 0) is 0 Å². The molecule has 2 aromatic heterocycles. The molecular weight excluding hydrogens is 266 g/mol. The Labute approximate surface area is 112 Å². The van der Waals surface area contributed by atoms with Crippen molar-refractivity contribution in [2.75, 3.05) is 0 Å². The number of halogens is 1. The lowest BCUT2D eigenvalue weighted by Crippen LogP contribution is -2.02. The number of hydrogen-bond acceptors (Lipinski definition) is 4. The lowest BCUT2D eigenvalue weighted by molar-refractivity contribution is 0.490. The lowest BCUT2D eigenvalue weighted by Gasteiger charge is -1.97. The predicted octanol–water partition coefficient (Wildman–Crippen LogP) is 3.60. The van der Waals surface area contributed by atoms with E-state index in [1.807, 2.05) is 0 Å². The Hall–Kier alpha value is -2.33. The highest BCUT2D eigenvalue weighted by molar-refractivity contribution is 6.31. The summed E-state index contributed by atoms with van der Waals surface area (Å²) in [4.78, 5) is 16.0. The largest absolute Gasteiger partial charge is 0.465 e. The van der Waals surface area contributed by atoms with Crippen LogP contribution in [0.4, 0.5) is 0 Å². The van der Waals surface area contributed by atoms with E-state index in [4.69, 9.17) is 20.4 Å². The second kappa shape index (κ2) is 4.74. The summed E-state index contributed by atoms with van der Waals surface area (Å²) < 4.78 is 10.2. The highest BCUT2D eigenvalue weighted by Gasteiger charge is 2.05. The fourth-order valence-corrected chi connectivity index (χ4v) is 1.84. The Bertz CT molecular complexity index is 803. The fourth-order valence-electron chi connectivity index (χ4n) is 1.67. The maximum absolute atomic E-state index is 11.8. The molecule has 4 nitrogen and oxygen atoms in total. The van der Waals surface area contributed by atoms with Gasteiger partial charge >= 0.3 is 5.63 Å². The third-order valence-electron chi connectivity index (χ3n) is 2.54. The molecule has 0 unspecified atom stereocenters. The van der Waals surface area contributed by atoms with Gasteiger partial charge in [0.2, 0.25) is 5.89 Å². The van der Waals surface area contributed by atoms with Gasteiger partial charge in [-0.1, -0.05) is 11.6 Å². The Morgan fingerprint density at radius 2 is 2.11 bits per heavy atom. The van der Waals surface area contributed by atoms with Gasteiger partial charge in [0.25, 0.3) is 0 Å². The summed E-state index contributed by atoms with van der Waals surface area (Å²) in [6.45, 7) is 0. The molecule has 0 bridgehead atoms. The van der Waals surface area contributed by atoms with Gasteiger partial charge in [-0.25, -0.2) is 9.78 Å². The average Bonchev–Trinajstić information content (AvgIpc) is 2.90. The topological polar surface area (TPSA) is 56.2 Å². The van der Waals surface area contributed by atoms with Crippen molar-refractivity contribution < 1.29 is 8.83 Å². The predicted molar refractivity (Wildman–Crippen MR) is 72.9 cm³/mol. The smallest absolute Gasteiger partial charge is 0.347 e. The molecule has 0 saturated carbocycles. The van der Waals surface area contributed by atoms with Crippen molar-refractivity contribution in [1.29, 1.82) is 0 Å². The Kier molecular flexibility index (Phi) is 2.93. The second-order valence-corrected chi connectivity index (χ2v) is 4.29.